The summed E-state index contributed by atoms with van der Waals surface area (Å²) in [6.07, 6.45) is 4.21. The van der Waals surface area contributed by atoms with Crippen LogP contribution in [0.2, 0.25) is 0 Å². The molecule has 1 heterocycles. The van der Waals surface area contributed by atoms with Crippen LogP contribution in [0.1, 0.15) is 42.1 Å². The van der Waals surface area contributed by atoms with E-state index < -0.39 is 5.69 Å². The van der Waals surface area contributed by atoms with Gasteiger partial charge < -0.3 is 9.47 Å². The molecule has 0 radical (unpaired) electrons. The van der Waals surface area contributed by atoms with Crippen LogP contribution in [-0.4, -0.2) is 22.8 Å². The van der Waals surface area contributed by atoms with Crippen LogP contribution < -0.4 is 16.0 Å². The summed E-state index contributed by atoms with van der Waals surface area (Å²) in [5, 5.41) is 0. The fourth-order valence-electron chi connectivity index (χ4n) is 3.47. The maximum absolute atomic E-state index is 12.6. The summed E-state index contributed by atoms with van der Waals surface area (Å²) in [6.45, 7) is 6.74. The highest BCUT2D eigenvalue weighted by Gasteiger charge is 2.18. The molecule has 6 heteroatoms. The number of nitrogens with one attached hydrogen (secondary N) is 1. The molecular formula is C26H30N2O4. The third-order valence-corrected chi connectivity index (χ3v) is 5.11. The normalized spacial score (nSPS) is 11.4. The maximum Gasteiger partial charge on any atom is 0.330 e. The monoisotopic (exact) mass is 434 g/mol. The van der Waals surface area contributed by atoms with E-state index in [0.29, 0.717) is 30.9 Å². The standard InChI is InChI=1S/C26H30N2O4/c1-19(2)24-23(17-21-9-5-4-6-10-21)28(26(30)27-25(24)29)18-31-15-7-8-16-32-22-13-11-20(3)12-14-22/h4-14,19H,15-18H2,1-3H3,(H,27,29,30). The predicted molar refractivity (Wildman–Crippen MR) is 126 cm³/mol. The molecule has 2 aromatic carbocycles. The minimum atomic E-state index is -0.461. The first-order valence-electron chi connectivity index (χ1n) is 10.8. The van der Waals surface area contributed by atoms with E-state index in [1.54, 1.807) is 0 Å². The van der Waals surface area contributed by atoms with Crippen molar-refractivity contribution in [3.8, 4) is 5.75 Å². The Morgan fingerprint density at radius 2 is 1.66 bits per heavy atom. The second kappa shape index (κ2) is 11.3. The lowest BCUT2D eigenvalue weighted by molar-refractivity contribution is 0.0938. The van der Waals surface area contributed by atoms with Gasteiger partial charge in [0.15, 0.2) is 0 Å². The highest BCUT2D eigenvalue weighted by molar-refractivity contribution is 5.29. The number of ether oxygens (including phenoxy) is 2. The predicted octanol–water partition coefficient (Wildman–Crippen LogP) is 4.17. The largest absolute Gasteiger partial charge is 0.490 e. The third-order valence-electron chi connectivity index (χ3n) is 5.11. The van der Waals surface area contributed by atoms with E-state index in [2.05, 4.69) is 4.98 Å². The highest BCUT2D eigenvalue weighted by Crippen LogP contribution is 2.18. The van der Waals surface area contributed by atoms with Gasteiger partial charge in [-0.05, 0) is 36.6 Å². The molecule has 0 unspecified atom stereocenters. The number of H-pyrrole nitrogens is 1. The Morgan fingerprint density at radius 1 is 0.969 bits per heavy atom. The van der Waals surface area contributed by atoms with Crippen LogP contribution in [0.3, 0.4) is 0 Å². The number of aromatic amines is 1. The molecule has 6 nitrogen and oxygen atoms in total. The Morgan fingerprint density at radius 3 is 2.34 bits per heavy atom. The van der Waals surface area contributed by atoms with E-state index in [9.17, 15) is 9.59 Å². The summed E-state index contributed by atoms with van der Waals surface area (Å²) < 4.78 is 12.9. The first-order valence-corrected chi connectivity index (χ1v) is 10.8. The van der Waals surface area contributed by atoms with E-state index in [0.717, 1.165) is 11.3 Å². The second-order valence-electron chi connectivity index (χ2n) is 7.96. The second-order valence-corrected chi connectivity index (χ2v) is 7.96. The lowest BCUT2D eigenvalue weighted by Crippen LogP contribution is -2.36. The minimum absolute atomic E-state index is 0.0249. The molecule has 0 bridgehead atoms. The van der Waals surface area contributed by atoms with Crippen molar-refractivity contribution in [1.29, 1.82) is 0 Å². The van der Waals surface area contributed by atoms with Gasteiger partial charge in [0.25, 0.3) is 5.56 Å². The molecule has 0 saturated carbocycles. The number of rotatable bonds is 10. The molecule has 0 atom stereocenters. The molecule has 32 heavy (non-hydrogen) atoms. The average Bonchev–Trinajstić information content (AvgIpc) is 2.76. The van der Waals surface area contributed by atoms with Crippen LogP contribution in [0.15, 0.2) is 76.3 Å². The fourth-order valence-corrected chi connectivity index (χ4v) is 3.47. The van der Waals surface area contributed by atoms with Gasteiger partial charge in [0.1, 0.15) is 19.1 Å². The summed E-state index contributed by atoms with van der Waals surface area (Å²) in [4.78, 5) is 27.5. The number of aromatic nitrogens is 2. The molecule has 1 aromatic heterocycles. The summed E-state index contributed by atoms with van der Waals surface area (Å²) in [5.41, 5.74) is 2.72. The van der Waals surface area contributed by atoms with Crippen LogP contribution >= 0.6 is 0 Å². The van der Waals surface area contributed by atoms with Gasteiger partial charge in [-0.15, -0.1) is 0 Å². The van der Waals surface area contributed by atoms with Gasteiger partial charge in [0.2, 0.25) is 0 Å². The van der Waals surface area contributed by atoms with Crippen molar-refractivity contribution in [1.82, 2.24) is 9.55 Å². The van der Waals surface area contributed by atoms with Gasteiger partial charge in [0, 0.05) is 17.7 Å². The Labute approximate surface area is 188 Å². The zero-order chi connectivity index (χ0) is 22.9. The number of hydrogen-bond donors (Lipinski definition) is 1. The van der Waals surface area contributed by atoms with E-state index in [1.165, 1.54) is 10.1 Å². The molecule has 0 spiro atoms. The Bertz CT molecular complexity index is 1140. The van der Waals surface area contributed by atoms with Crippen LogP contribution in [-0.2, 0) is 17.9 Å². The SMILES string of the molecule is Cc1ccc(OCC=CCOCn2c(Cc3ccccc3)c(C(C)C)c(=O)[nH]c2=O)cc1. The topological polar surface area (TPSA) is 73.3 Å². The number of benzene rings is 2. The van der Waals surface area contributed by atoms with Gasteiger partial charge >= 0.3 is 5.69 Å². The third kappa shape index (κ3) is 6.31. The molecule has 168 valence electrons. The molecule has 0 aliphatic carbocycles. The van der Waals surface area contributed by atoms with Crippen molar-refractivity contribution < 1.29 is 9.47 Å². The Balaban J connectivity index is 1.66. The smallest absolute Gasteiger partial charge is 0.330 e. The first kappa shape index (κ1) is 23.3. The average molecular weight is 435 g/mol. The minimum Gasteiger partial charge on any atom is -0.490 e. The van der Waals surface area contributed by atoms with Crippen LogP contribution in [0.4, 0.5) is 0 Å². The van der Waals surface area contributed by atoms with Crippen molar-refractivity contribution in [2.24, 2.45) is 0 Å². The zero-order valence-corrected chi connectivity index (χ0v) is 18.8. The summed E-state index contributed by atoms with van der Waals surface area (Å²) >= 11 is 0. The molecule has 1 N–H and O–H groups in total. The molecular weight excluding hydrogens is 404 g/mol. The van der Waals surface area contributed by atoms with Gasteiger partial charge in [-0.2, -0.15) is 0 Å². The quantitative estimate of drug-likeness (QED) is 0.384. The van der Waals surface area contributed by atoms with Crippen LogP contribution in [0, 0.1) is 6.92 Å². The Kier molecular flexibility index (Phi) is 8.22. The molecule has 0 saturated heterocycles. The van der Waals surface area contributed by atoms with Gasteiger partial charge in [-0.1, -0.05) is 68.0 Å². The van der Waals surface area contributed by atoms with Gasteiger partial charge in [-0.3, -0.25) is 14.3 Å². The lowest BCUT2D eigenvalue weighted by Gasteiger charge is -2.18. The van der Waals surface area contributed by atoms with Crippen molar-refractivity contribution in [2.75, 3.05) is 13.2 Å². The van der Waals surface area contributed by atoms with Crippen LogP contribution in [0.25, 0.3) is 0 Å². The van der Waals surface area contributed by atoms with E-state index >= 15 is 0 Å². The molecule has 0 amide bonds. The Hall–Kier alpha value is -3.38. The van der Waals surface area contributed by atoms with Gasteiger partial charge in [-0.25, -0.2) is 4.79 Å². The summed E-state index contributed by atoms with van der Waals surface area (Å²) in [5.74, 6) is 0.788. The maximum atomic E-state index is 12.6. The van der Waals surface area contributed by atoms with Crippen molar-refractivity contribution in [3.63, 3.8) is 0 Å². The van der Waals surface area contributed by atoms with Crippen molar-refractivity contribution in [3.05, 3.63) is 110 Å². The van der Waals surface area contributed by atoms with E-state index in [4.69, 9.17) is 9.47 Å². The first-order chi connectivity index (χ1) is 15.5. The van der Waals surface area contributed by atoms with E-state index in [-0.39, 0.29) is 18.2 Å². The van der Waals surface area contributed by atoms with Crippen LogP contribution in [0.5, 0.6) is 5.75 Å². The molecule has 3 aromatic rings. The molecule has 3 rings (SSSR count). The summed E-state index contributed by atoms with van der Waals surface area (Å²) in [7, 11) is 0. The van der Waals surface area contributed by atoms with E-state index in [1.807, 2.05) is 87.5 Å². The molecule has 0 fully saturated rings. The number of aryl methyl sites for hydroxylation is 1. The highest BCUT2D eigenvalue weighted by atomic mass is 16.5. The summed E-state index contributed by atoms with van der Waals surface area (Å²) in [6, 6.07) is 17.7. The molecule has 0 aliphatic rings. The molecule has 0 aliphatic heterocycles. The van der Waals surface area contributed by atoms with Crippen molar-refractivity contribution in [2.45, 2.75) is 39.8 Å². The van der Waals surface area contributed by atoms with Crippen molar-refractivity contribution >= 4 is 0 Å². The van der Waals surface area contributed by atoms with Gasteiger partial charge in [0.05, 0.1) is 6.61 Å². The zero-order valence-electron chi connectivity index (χ0n) is 18.8. The fraction of sp³-hybridized carbons (Fsp3) is 0.308. The number of nitrogens with zero attached hydrogens (tertiary/aromatic N) is 1. The number of hydrogen-bond acceptors (Lipinski definition) is 4. The lowest BCUT2D eigenvalue weighted by atomic mass is 9.98.